The van der Waals surface area contributed by atoms with Crippen LogP contribution in [0.2, 0.25) is 0 Å². The third kappa shape index (κ3) is 4.69. The van der Waals surface area contributed by atoms with Gasteiger partial charge in [0.25, 0.3) is 0 Å². The lowest BCUT2D eigenvalue weighted by Crippen LogP contribution is -2.33. The molecule has 1 aromatic carbocycles. The topological polar surface area (TPSA) is 33.5 Å². The molecule has 1 aromatic rings. The predicted molar refractivity (Wildman–Crippen MR) is 68.1 cm³/mol. The van der Waals surface area contributed by atoms with Crippen LogP contribution in [0.25, 0.3) is 4.85 Å². The molecule has 1 unspecified atom stereocenters. The first kappa shape index (κ1) is 13.2. The summed E-state index contributed by atoms with van der Waals surface area (Å²) in [5, 5.41) is 2.80. The molecule has 1 rings (SSSR count). The molecule has 3 heteroatoms. The molecule has 0 aliphatic heterocycles. The van der Waals surface area contributed by atoms with Crippen LogP contribution >= 0.6 is 0 Å². The third-order valence-corrected chi connectivity index (χ3v) is 2.46. The molecule has 0 aliphatic carbocycles. The fourth-order valence-electron chi connectivity index (χ4n) is 1.57. The Hall–Kier alpha value is -1.82. The lowest BCUT2D eigenvalue weighted by atomic mass is 10.0. The van der Waals surface area contributed by atoms with Gasteiger partial charge in [-0.1, -0.05) is 44.2 Å². The van der Waals surface area contributed by atoms with E-state index in [2.05, 4.69) is 10.2 Å². The highest BCUT2D eigenvalue weighted by atomic mass is 16.2. The molecule has 0 fully saturated rings. The molecular weight excluding hydrogens is 212 g/mol. The molecule has 1 N–H and O–H groups in total. The zero-order valence-corrected chi connectivity index (χ0v) is 10.3. The smallest absolute Gasteiger partial charge is 0.303 e. The van der Waals surface area contributed by atoms with E-state index < -0.39 is 6.04 Å². The van der Waals surface area contributed by atoms with Crippen molar-refractivity contribution in [3.05, 3.63) is 47.3 Å². The van der Waals surface area contributed by atoms with E-state index in [-0.39, 0.29) is 5.91 Å². The number of hydrogen-bond acceptors (Lipinski definition) is 1. The van der Waals surface area contributed by atoms with Crippen molar-refractivity contribution < 1.29 is 4.79 Å². The summed E-state index contributed by atoms with van der Waals surface area (Å²) in [5.74, 6) is 0.189. The standard InChI is InChI=1S/C14H18N2O/c1-11(2)9-13(15-3)14(17)16-10-12-7-5-4-6-8-12/h4-8,11,13H,9-10H2,1-2H3,(H,16,17). The van der Waals surface area contributed by atoms with Crippen molar-refractivity contribution in [2.75, 3.05) is 0 Å². The molecule has 90 valence electrons. The number of nitrogens with one attached hydrogen (secondary N) is 1. The second kappa shape index (κ2) is 6.70. The summed E-state index contributed by atoms with van der Waals surface area (Å²) in [5.41, 5.74) is 1.05. The highest BCUT2D eigenvalue weighted by Crippen LogP contribution is 2.08. The third-order valence-electron chi connectivity index (χ3n) is 2.46. The van der Waals surface area contributed by atoms with Gasteiger partial charge >= 0.3 is 11.9 Å². The van der Waals surface area contributed by atoms with Gasteiger partial charge in [-0.3, -0.25) is 4.79 Å². The van der Waals surface area contributed by atoms with Gasteiger partial charge < -0.3 is 10.2 Å². The first-order valence-corrected chi connectivity index (χ1v) is 5.81. The number of rotatable bonds is 5. The van der Waals surface area contributed by atoms with Crippen LogP contribution in [0.1, 0.15) is 25.8 Å². The SMILES string of the molecule is [C-]#[N+]C(CC(C)C)C(=O)NCc1ccccc1. The lowest BCUT2D eigenvalue weighted by molar-refractivity contribution is -0.121. The van der Waals surface area contributed by atoms with Gasteiger partial charge in [-0.25, -0.2) is 6.57 Å². The normalized spacial score (nSPS) is 11.9. The Morgan fingerprint density at radius 2 is 2.00 bits per heavy atom. The predicted octanol–water partition coefficient (Wildman–Crippen LogP) is 2.64. The monoisotopic (exact) mass is 230 g/mol. The van der Waals surface area contributed by atoms with Gasteiger partial charge in [0, 0.05) is 13.0 Å². The molecule has 1 amide bonds. The van der Waals surface area contributed by atoms with Crippen LogP contribution in [0.3, 0.4) is 0 Å². The minimum Gasteiger partial charge on any atom is -0.345 e. The van der Waals surface area contributed by atoms with Crippen LogP contribution < -0.4 is 5.32 Å². The summed E-state index contributed by atoms with van der Waals surface area (Å²) in [6.45, 7) is 11.6. The summed E-state index contributed by atoms with van der Waals surface area (Å²) < 4.78 is 0. The van der Waals surface area contributed by atoms with Gasteiger partial charge in [-0.15, -0.1) is 0 Å². The maximum atomic E-state index is 11.8. The molecule has 17 heavy (non-hydrogen) atoms. The molecule has 0 bridgehead atoms. The van der Waals surface area contributed by atoms with Crippen molar-refractivity contribution >= 4 is 5.91 Å². The summed E-state index contributed by atoms with van der Waals surface area (Å²) >= 11 is 0. The van der Waals surface area contributed by atoms with Crippen molar-refractivity contribution in [2.24, 2.45) is 5.92 Å². The highest BCUT2D eigenvalue weighted by molar-refractivity contribution is 5.83. The zero-order chi connectivity index (χ0) is 12.7. The van der Waals surface area contributed by atoms with E-state index >= 15 is 0 Å². The van der Waals surface area contributed by atoms with E-state index in [1.807, 2.05) is 44.2 Å². The van der Waals surface area contributed by atoms with Crippen LogP contribution in [-0.4, -0.2) is 11.9 Å². The second-order valence-electron chi connectivity index (χ2n) is 4.48. The molecule has 0 aromatic heterocycles. The Morgan fingerprint density at radius 3 is 2.53 bits per heavy atom. The minimum atomic E-state index is -0.557. The summed E-state index contributed by atoms with van der Waals surface area (Å²) in [4.78, 5) is 15.1. The molecule has 1 atom stereocenters. The Bertz CT molecular complexity index is 392. The van der Waals surface area contributed by atoms with Crippen molar-refractivity contribution in [1.82, 2.24) is 5.32 Å². The largest absolute Gasteiger partial charge is 0.345 e. The first-order valence-electron chi connectivity index (χ1n) is 5.81. The quantitative estimate of drug-likeness (QED) is 0.775. The Morgan fingerprint density at radius 1 is 1.35 bits per heavy atom. The molecule has 0 aliphatic rings. The number of benzene rings is 1. The molecule has 0 radical (unpaired) electrons. The van der Waals surface area contributed by atoms with Gasteiger partial charge in [-0.2, -0.15) is 0 Å². The van der Waals surface area contributed by atoms with Crippen molar-refractivity contribution in [1.29, 1.82) is 0 Å². The Balaban J connectivity index is 2.46. The fourth-order valence-corrected chi connectivity index (χ4v) is 1.57. The Kier molecular flexibility index (Phi) is 5.22. The van der Waals surface area contributed by atoms with E-state index in [0.29, 0.717) is 18.9 Å². The number of carbonyl (C=O) groups excluding carboxylic acids is 1. The maximum Gasteiger partial charge on any atom is 0.303 e. The van der Waals surface area contributed by atoms with Crippen LogP contribution in [0.5, 0.6) is 0 Å². The molecule has 3 nitrogen and oxygen atoms in total. The Labute approximate surface area is 103 Å². The number of carbonyl (C=O) groups is 1. The zero-order valence-electron chi connectivity index (χ0n) is 10.3. The van der Waals surface area contributed by atoms with Gasteiger partial charge in [0.05, 0.1) is 0 Å². The van der Waals surface area contributed by atoms with E-state index in [1.54, 1.807) is 0 Å². The van der Waals surface area contributed by atoms with E-state index in [0.717, 1.165) is 5.56 Å². The van der Waals surface area contributed by atoms with E-state index in [9.17, 15) is 4.79 Å². The van der Waals surface area contributed by atoms with Crippen molar-refractivity contribution in [3.8, 4) is 0 Å². The van der Waals surface area contributed by atoms with Gasteiger partial charge in [-0.05, 0) is 11.5 Å². The van der Waals surface area contributed by atoms with E-state index in [1.165, 1.54) is 0 Å². The second-order valence-corrected chi connectivity index (χ2v) is 4.48. The first-order chi connectivity index (χ1) is 8.13. The van der Waals surface area contributed by atoms with Gasteiger partial charge in [0.2, 0.25) is 0 Å². The van der Waals surface area contributed by atoms with Crippen molar-refractivity contribution in [3.63, 3.8) is 0 Å². The fraction of sp³-hybridized carbons (Fsp3) is 0.429. The molecular formula is C14H18N2O. The minimum absolute atomic E-state index is 0.169. The van der Waals surface area contributed by atoms with Crippen LogP contribution in [0, 0.1) is 12.5 Å². The van der Waals surface area contributed by atoms with Crippen LogP contribution in [-0.2, 0) is 11.3 Å². The number of amides is 1. The molecule has 0 saturated heterocycles. The average Bonchev–Trinajstić information content (AvgIpc) is 2.34. The van der Waals surface area contributed by atoms with E-state index in [4.69, 9.17) is 6.57 Å². The summed E-state index contributed by atoms with van der Waals surface area (Å²) in [6.07, 6.45) is 0.615. The maximum absolute atomic E-state index is 11.8. The summed E-state index contributed by atoms with van der Waals surface area (Å²) in [6, 6.07) is 9.15. The van der Waals surface area contributed by atoms with Gasteiger partial charge in [0.15, 0.2) is 0 Å². The molecule has 0 spiro atoms. The summed E-state index contributed by atoms with van der Waals surface area (Å²) in [7, 11) is 0. The molecule has 0 saturated carbocycles. The number of nitrogens with zero attached hydrogens (tertiary/aromatic N) is 1. The van der Waals surface area contributed by atoms with Gasteiger partial charge in [0.1, 0.15) is 0 Å². The van der Waals surface area contributed by atoms with Crippen LogP contribution in [0.4, 0.5) is 0 Å². The molecule has 0 heterocycles. The lowest BCUT2D eigenvalue weighted by Gasteiger charge is -2.09. The average molecular weight is 230 g/mol. The van der Waals surface area contributed by atoms with Crippen LogP contribution in [0.15, 0.2) is 30.3 Å². The van der Waals surface area contributed by atoms with Crippen molar-refractivity contribution in [2.45, 2.75) is 32.9 Å². The highest BCUT2D eigenvalue weighted by Gasteiger charge is 2.23. The number of hydrogen-bond donors (Lipinski definition) is 1.